The maximum Gasteiger partial charge on any atom is 0.224 e. The standard InChI is InChI=1S/C19H26ClN5/c1-12-9-15(20)10-13(2)18(12)23-17-11-16(14-5-6-14)22-19(24-17)21-7-8-25(3)4/h9-11,14H,5-8H2,1-4H3,(H2,21,22,23,24). The SMILES string of the molecule is Cc1cc(Cl)cc(C)c1Nc1cc(C2CC2)nc(NCCN(C)C)n1. The van der Waals surface area contributed by atoms with Crippen molar-refractivity contribution < 1.29 is 0 Å². The second-order valence-electron chi connectivity index (χ2n) is 7.05. The van der Waals surface area contributed by atoms with Crippen LogP contribution in [0.4, 0.5) is 17.5 Å². The van der Waals surface area contributed by atoms with Gasteiger partial charge in [0, 0.05) is 35.8 Å². The Kier molecular flexibility index (Phi) is 5.45. The lowest BCUT2D eigenvalue weighted by Gasteiger charge is -2.15. The summed E-state index contributed by atoms with van der Waals surface area (Å²) in [5.74, 6) is 2.10. The van der Waals surface area contributed by atoms with Gasteiger partial charge in [0.15, 0.2) is 0 Å². The summed E-state index contributed by atoms with van der Waals surface area (Å²) in [7, 11) is 4.12. The van der Waals surface area contributed by atoms with Crippen LogP contribution in [0.1, 0.15) is 35.6 Å². The summed E-state index contributed by atoms with van der Waals surface area (Å²) in [4.78, 5) is 11.5. The smallest absolute Gasteiger partial charge is 0.224 e. The molecule has 1 aliphatic carbocycles. The molecule has 0 spiro atoms. The van der Waals surface area contributed by atoms with Crippen molar-refractivity contribution in [2.75, 3.05) is 37.8 Å². The summed E-state index contributed by atoms with van der Waals surface area (Å²) in [5, 5.41) is 7.57. The molecular formula is C19H26ClN5. The zero-order chi connectivity index (χ0) is 18.0. The van der Waals surface area contributed by atoms with Gasteiger partial charge in [-0.2, -0.15) is 4.98 Å². The van der Waals surface area contributed by atoms with Gasteiger partial charge in [-0.05, 0) is 64.0 Å². The zero-order valence-corrected chi connectivity index (χ0v) is 16.1. The van der Waals surface area contributed by atoms with Crippen molar-refractivity contribution in [3.8, 4) is 0 Å². The molecule has 134 valence electrons. The normalized spacial score (nSPS) is 14.0. The first-order valence-corrected chi connectivity index (χ1v) is 9.11. The molecular weight excluding hydrogens is 334 g/mol. The lowest BCUT2D eigenvalue weighted by molar-refractivity contribution is 0.425. The van der Waals surface area contributed by atoms with Gasteiger partial charge in [-0.15, -0.1) is 0 Å². The van der Waals surface area contributed by atoms with Crippen LogP contribution in [0.2, 0.25) is 5.02 Å². The van der Waals surface area contributed by atoms with Crippen molar-refractivity contribution in [2.24, 2.45) is 0 Å². The number of hydrogen-bond donors (Lipinski definition) is 2. The fourth-order valence-electron chi connectivity index (χ4n) is 2.82. The molecule has 0 aliphatic heterocycles. The third-order valence-electron chi connectivity index (χ3n) is 4.33. The van der Waals surface area contributed by atoms with Crippen molar-refractivity contribution >= 4 is 29.1 Å². The molecule has 1 aromatic heterocycles. The second-order valence-corrected chi connectivity index (χ2v) is 7.48. The Hall–Kier alpha value is -1.85. The average Bonchev–Trinajstić information content (AvgIpc) is 3.35. The highest BCUT2D eigenvalue weighted by molar-refractivity contribution is 6.30. The van der Waals surface area contributed by atoms with Crippen LogP contribution in [0.15, 0.2) is 18.2 Å². The van der Waals surface area contributed by atoms with Gasteiger partial charge in [0.05, 0.1) is 5.69 Å². The van der Waals surface area contributed by atoms with Crippen LogP contribution < -0.4 is 10.6 Å². The van der Waals surface area contributed by atoms with Crippen LogP contribution >= 0.6 is 11.6 Å². The van der Waals surface area contributed by atoms with Crippen molar-refractivity contribution in [3.05, 3.63) is 40.0 Å². The van der Waals surface area contributed by atoms with Crippen molar-refractivity contribution in [3.63, 3.8) is 0 Å². The van der Waals surface area contributed by atoms with E-state index in [-0.39, 0.29) is 0 Å². The Bertz CT molecular complexity index is 732. The second kappa shape index (κ2) is 7.58. The van der Waals surface area contributed by atoms with Crippen LogP contribution in [0.5, 0.6) is 0 Å². The van der Waals surface area contributed by atoms with Gasteiger partial charge < -0.3 is 15.5 Å². The number of benzene rings is 1. The molecule has 3 rings (SSSR count). The molecule has 1 saturated carbocycles. The summed E-state index contributed by atoms with van der Waals surface area (Å²) in [6, 6.07) is 6.01. The average molecular weight is 360 g/mol. The maximum absolute atomic E-state index is 6.14. The van der Waals surface area contributed by atoms with E-state index in [1.54, 1.807) is 0 Å². The Morgan fingerprint density at radius 1 is 1.12 bits per heavy atom. The summed E-state index contributed by atoms with van der Waals surface area (Å²) in [6.07, 6.45) is 2.43. The predicted octanol–water partition coefficient (Wildman–Crippen LogP) is 4.34. The number of aryl methyl sites for hydroxylation is 2. The number of nitrogens with zero attached hydrogens (tertiary/aromatic N) is 3. The van der Waals surface area contributed by atoms with Gasteiger partial charge in [-0.3, -0.25) is 0 Å². The minimum atomic E-state index is 0.574. The molecule has 0 unspecified atom stereocenters. The third-order valence-corrected chi connectivity index (χ3v) is 4.55. The summed E-state index contributed by atoms with van der Waals surface area (Å²) < 4.78 is 0. The third kappa shape index (κ3) is 4.83. The highest BCUT2D eigenvalue weighted by Crippen LogP contribution is 2.40. The molecule has 0 amide bonds. The minimum Gasteiger partial charge on any atom is -0.353 e. The molecule has 2 N–H and O–H groups in total. The molecule has 1 fully saturated rings. The van der Waals surface area contributed by atoms with Gasteiger partial charge >= 0.3 is 0 Å². The Labute approximate surface area is 154 Å². The van der Waals surface area contributed by atoms with Gasteiger partial charge in [-0.25, -0.2) is 4.98 Å². The Balaban J connectivity index is 1.84. The first kappa shape index (κ1) is 18.0. The molecule has 0 bridgehead atoms. The molecule has 0 saturated heterocycles. The van der Waals surface area contributed by atoms with E-state index in [4.69, 9.17) is 16.6 Å². The Morgan fingerprint density at radius 2 is 1.80 bits per heavy atom. The van der Waals surface area contributed by atoms with E-state index in [0.29, 0.717) is 11.9 Å². The van der Waals surface area contributed by atoms with Crippen molar-refractivity contribution in [1.82, 2.24) is 14.9 Å². The van der Waals surface area contributed by atoms with Gasteiger partial charge in [0.1, 0.15) is 5.82 Å². The van der Waals surface area contributed by atoms with Crippen molar-refractivity contribution in [1.29, 1.82) is 0 Å². The first-order valence-electron chi connectivity index (χ1n) is 8.73. The van der Waals surface area contributed by atoms with E-state index in [0.717, 1.165) is 46.4 Å². The van der Waals surface area contributed by atoms with E-state index < -0.39 is 0 Å². The topological polar surface area (TPSA) is 53.1 Å². The fourth-order valence-corrected chi connectivity index (χ4v) is 3.15. The molecule has 1 aromatic carbocycles. The van der Waals surface area contributed by atoms with Crippen LogP contribution in [-0.4, -0.2) is 42.1 Å². The monoisotopic (exact) mass is 359 g/mol. The number of anilines is 3. The maximum atomic E-state index is 6.14. The zero-order valence-electron chi connectivity index (χ0n) is 15.4. The van der Waals surface area contributed by atoms with E-state index in [9.17, 15) is 0 Å². The molecule has 0 radical (unpaired) electrons. The predicted molar refractivity (Wildman–Crippen MR) is 105 cm³/mol. The summed E-state index contributed by atoms with van der Waals surface area (Å²) >= 11 is 6.14. The number of nitrogens with one attached hydrogen (secondary N) is 2. The Morgan fingerprint density at radius 3 is 2.40 bits per heavy atom. The molecule has 25 heavy (non-hydrogen) atoms. The molecule has 0 atom stereocenters. The lowest BCUT2D eigenvalue weighted by Crippen LogP contribution is -2.21. The summed E-state index contributed by atoms with van der Waals surface area (Å²) in [5.41, 5.74) is 4.40. The highest BCUT2D eigenvalue weighted by Gasteiger charge is 2.26. The van der Waals surface area contributed by atoms with Gasteiger partial charge in [-0.1, -0.05) is 11.6 Å². The first-order chi connectivity index (χ1) is 11.9. The number of halogens is 1. The molecule has 6 heteroatoms. The highest BCUT2D eigenvalue weighted by atomic mass is 35.5. The van der Waals surface area contributed by atoms with E-state index >= 15 is 0 Å². The number of rotatable bonds is 7. The minimum absolute atomic E-state index is 0.574. The summed E-state index contributed by atoms with van der Waals surface area (Å²) in [6.45, 7) is 5.87. The lowest BCUT2D eigenvalue weighted by atomic mass is 10.1. The largest absolute Gasteiger partial charge is 0.353 e. The van der Waals surface area contributed by atoms with Crippen LogP contribution in [0, 0.1) is 13.8 Å². The van der Waals surface area contributed by atoms with E-state index in [1.165, 1.54) is 12.8 Å². The fraction of sp³-hybridized carbons (Fsp3) is 0.474. The van der Waals surface area contributed by atoms with Crippen LogP contribution in [0.25, 0.3) is 0 Å². The van der Waals surface area contributed by atoms with Gasteiger partial charge in [0.25, 0.3) is 0 Å². The van der Waals surface area contributed by atoms with Crippen molar-refractivity contribution in [2.45, 2.75) is 32.6 Å². The van der Waals surface area contributed by atoms with Crippen LogP contribution in [-0.2, 0) is 0 Å². The molecule has 1 heterocycles. The number of likely N-dealkylation sites (N-methyl/N-ethyl adjacent to an activating group) is 1. The molecule has 2 aromatic rings. The van der Waals surface area contributed by atoms with Crippen LogP contribution in [0.3, 0.4) is 0 Å². The molecule has 5 nitrogen and oxygen atoms in total. The molecule has 1 aliphatic rings. The quantitative estimate of drug-likeness (QED) is 0.770. The van der Waals surface area contributed by atoms with E-state index in [1.807, 2.05) is 12.1 Å². The number of aromatic nitrogens is 2. The van der Waals surface area contributed by atoms with Gasteiger partial charge in [0.2, 0.25) is 5.95 Å². The number of hydrogen-bond acceptors (Lipinski definition) is 5. The van der Waals surface area contributed by atoms with E-state index in [2.05, 4.69) is 54.5 Å².